The topological polar surface area (TPSA) is 60.4 Å². The van der Waals surface area contributed by atoms with Crippen LogP contribution < -0.4 is 5.32 Å². The lowest BCUT2D eigenvalue weighted by molar-refractivity contribution is -0.130. The first-order valence-corrected chi connectivity index (χ1v) is 9.33. The highest BCUT2D eigenvalue weighted by Crippen LogP contribution is 2.17. The summed E-state index contributed by atoms with van der Waals surface area (Å²) in [5.41, 5.74) is 0. The van der Waals surface area contributed by atoms with Crippen LogP contribution in [0.5, 0.6) is 0 Å². The molecule has 144 valence electrons. The van der Waals surface area contributed by atoms with Crippen molar-refractivity contribution >= 4 is 35.8 Å². The molecule has 0 saturated carbocycles. The van der Waals surface area contributed by atoms with Gasteiger partial charge in [-0.15, -0.1) is 24.0 Å². The van der Waals surface area contributed by atoms with Crippen molar-refractivity contribution in [2.24, 2.45) is 4.99 Å². The average Bonchev–Trinajstić information content (AvgIpc) is 3.13. The highest BCUT2D eigenvalue weighted by Gasteiger charge is 2.30. The Kier molecular flexibility index (Phi) is 8.71. The Balaban J connectivity index is 0.00000225. The van der Waals surface area contributed by atoms with Crippen molar-refractivity contribution in [2.45, 2.75) is 31.7 Å². The third kappa shape index (κ3) is 5.68. The number of carbonyl (C=O) groups is 1. The molecule has 7 nitrogen and oxygen atoms in total. The van der Waals surface area contributed by atoms with E-state index in [4.69, 9.17) is 4.74 Å². The van der Waals surface area contributed by atoms with Crippen molar-refractivity contribution in [3.05, 3.63) is 0 Å². The van der Waals surface area contributed by atoms with Gasteiger partial charge >= 0.3 is 0 Å². The number of carbonyl (C=O) groups excluding carboxylic acids is 1. The van der Waals surface area contributed by atoms with Crippen LogP contribution in [0, 0.1) is 0 Å². The zero-order valence-corrected chi connectivity index (χ0v) is 17.6. The Morgan fingerprint density at radius 2 is 1.80 bits per heavy atom. The molecule has 3 aliphatic rings. The fourth-order valence-electron chi connectivity index (χ4n) is 3.92. The molecule has 0 aromatic rings. The molecule has 0 aromatic heterocycles. The summed E-state index contributed by atoms with van der Waals surface area (Å²) in [5, 5.41) is 3.27. The lowest BCUT2D eigenvalue weighted by Gasteiger charge is -2.32. The van der Waals surface area contributed by atoms with Crippen molar-refractivity contribution < 1.29 is 9.53 Å². The van der Waals surface area contributed by atoms with Gasteiger partial charge in [-0.2, -0.15) is 0 Å². The minimum absolute atomic E-state index is 0. The van der Waals surface area contributed by atoms with Gasteiger partial charge in [0, 0.05) is 52.4 Å². The number of amides is 1. The molecule has 3 aliphatic heterocycles. The van der Waals surface area contributed by atoms with Crippen molar-refractivity contribution in [3.63, 3.8) is 0 Å². The molecule has 3 saturated heterocycles. The number of hydrogen-bond acceptors (Lipinski definition) is 4. The number of hydrogen-bond donors (Lipinski definition) is 1. The second-order valence-electron chi connectivity index (χ2n) is 6.88. The number of guanidine groups is 1. The fraction of sp³-hybridized carbons (Fsp3) is 0.882. The number of aliphatic imine (C=N–C) groups is 1. The molecule has 0 aromatic carbocycles. The minimum atomic E-state index is 0. The van der Waals surface area contributed by atoms with Crippen LogP contribution in [0.2, 0.25) is 0 Å². The number of nitrogens with one attached hydrogen (secondary N) is 1. The largest absolute Gasteiger partial charge is 0.379 e. The van der Waals surface area contributed by atoms with Crippen molar-refractivity contribution in [2.75, 3.05) is 66.1 Å². The van der Waals surface area contributed by atoms with E-state index in [2.05, 4.69) is 20.1 Å². The molecule has 1 unspecified atom stereocenters. The smallest absolute Gasteiger partial charge is 0.241 e. The maximum Gasteiger partial charge on any atom is 0.241 e. The highest BCUT2D eigenvalue weighted by atomic mass is 127. The molecule has 3 fully saturated rings. The second kappa shape index (κ2) is 10.5. The summed E-state index contributed by atoms with van der Waals surface area (Å²) in [7, 11) is 1.80. The summed E-state index contributed by atoms with van der Waals surface area (Å²) in [5.74, 6) is 1.05. The van der Waals surface area contributed by atoms with E-state index in [9.17, 15) is 4.79 Å². The Bertz CT molecular complexity index is 450. The van der Waals surface area contributed by atoms with E-state index < -0.39 is 0 Å². The lowest BCUT2D eigenvalue weighted by Crippen LogP contribution is -2.48. The van der Waals surface area contributed by atoms with Crippen LogP contribution in [0.4, 0.5) is 0 Å². The summed E-state index contributed by atoms with van der Waals surface area (Å²) in [6.07, 6.45) is 4.66. The van der Waals surface area contributed by atoms with E-state index in [0.717, 1.165) is 77.7 Å². The van der Waals surface area contributed by atoms with Gasteiger partial charge in [-0.05, 0) is 25.7 Å². The first-order chi connectivity index (χ1) is 11.8. The van der Waals surface area contributed by atoms with Gasteiger partial charge in [-0.1, -0.05) is 0 Å². The molecule has 25 heavy (non-hydrogen) atoms. The third-order valence-corrected chi connectivity index (χ3v) is 5.34. The molecular formula is C17H32IN5O2. The molecule has 1 atom stereocenters. The number of piperidine rings is 1. The number of nitrogens with zero attached hydrogens (tertiary/aromatic N) is 4. The first kappa shape index (κ1) is 20.7. The van der Waals surface area contributed by atoms with E-state index in [-0.39, 0.29) is 29.9 Å². The first-order valence-electron chi connectivity index (χ1n) is 9.33. The molecule has 0 bridgehead atoms. The number of halogens is 1. The molecule has 1 N–H and O–H groups in total. The number of rotatable bonds is 3. The Labute approximate surface area is 168 Å². The third-order valence-electron chi connectivity index (χ3n) is 5.34. The monoisotopic (exact) mass is 465 g/mol. The van der Waals surface area contributed by atoms with Crippen molar-refractivity contribution in [1.29, 1.82) is 0 Å². The van der Waals surface area contributed by atoms with Gasteiger partial charge in [0.15, 0.2) is 5.96 Å². The molecule has 3 rings (SSSR count). The lowest BCUT2D eigenvalue weighted by atomic mass is 10.1. The van der Waals surface area contributed by atoms with Gasteiger partial charge in [0.05, 0.1) is 19.8 Å². The Morgan fingerprint density at radius 3 is 2.48 bits per heavy atom. The van der Waals surface area contributed by atoms with Gasteiger partial charge in [-0.3, -0.25) is 14.7 Å². The van der Waals surface area contributed by atoms with Crippen LogP contribution >= 0.6 is 24.0 Å². The van der Waals surface area contributed by atoms with Crippen LogP contribution in [0.25, 0.3) is 0 Å². The average molecular weight is 465 g/mol. The van der Waals surface area contributed by atoms with Crippen molar-refractivity contribution in [3.8, 4) is 0 Å². The van der Waals surface area contributed by atoms with E-state index in [1.807, 2.05) is 4.90 Å². The summed E-state index contributed by atoms with van der Waals surface area (Å²) in [6.45, 7) is 7.88. The summed E-state index contributed by atoms with van der Waals surface area (Å²) in [6, 6.07) is 0.574. The fourth-order valence-corrected chi connectivity index (χ4v) is 3.92. The van der Waals surface area contributed by atoms with Gasteiger partial charge in [-0.25, -0.2) is 0 Å². The molecule has 1 amide bonds. The normalized spacial score (nSPS) is 25.6. The van der Waals surface area contributed by atoms with Gasteiger partial charge < -0.3 is 19.9 Å². The van der Waals surface area contributed by atoms with E-state index in [0.29, 0.717) is 12.6 Å². The quantitative estimate of drug-likeness (QED) is 0.376. The van der Waals surface area contributed by atoms with Crippen LogP contribution in [0.15, 0.2) is 4.99 Å². The number of ether oxygens (including phenoxy) is 1. The molecule has 0 radical (unpaired) electrons. The molecule has 0 aliphatic carbocycles. The predicted octanol–water partition coefficient (Wildman–Crippen LogP) is 0.599. The van der Waals surface area contributed by atoms with E-state index in [1.54, 1.807) is 7.05 Å². The Hall–Kier alpha value is -0.610. The second-order valence-corrected chi connectivity index (χ2v) is 6.88. The van der Waals surface area contributed by atoms with Crippen LogP contribution in [0.1, 0.15) is 25.7 Å². The van der Waals surface area contributed by atoms with Gasteiger partial charge in [0.2, 0.25) is 5.91 Å². The molecular weight excluding hydrogens is 433 g/mol. The van der Waals surface area contributed by atoms with E-state index in [1.165, 1.54) is 6.42 Å². The van der Waals surface area contributed by atoms with Crippen LogP contribution in [-0.2, 0) is 9.53 Å². The van der Waals surface area contributed by atoms with E-state index >= 15 is 0 Å². The maximum absolute atomic E-state index is 12.3. The highest BCUT2D eigenvalue weighted by molar-refractivity contribution is 14.0. The Morgan fingerprint density at radius 1 is 1.08 bits per heavy atom. The molecule has 3 heterocycles. The van der Waals surface area contributed by atoms with Crippen molar-refractivity contribution in [1.82, 2.24) is 20.0 Å². The van der Waals surface area contributed by atoms with Crippen LogP contribution in [0.3, 0.4) is 0 Å². The number of morpholine rings is 1. The summed E-state index contributed by atoms with van der Waals surface area (Å²) >= 11 is 0. The molecule has 8 heteroatoms. The SMILES string of the molecule is CN=C(NCC(=O)N1CCCCC1)N1CCC(N2CCOCC2)C1.I. The summed E-state index contributed by atoms with van der Waals surface area (Å²) in [4.78, 5) is 23.5. The standard InChI is InChI=1S/C17H31N5O2.HI/c1-18-17(19-13-16(23)21-6-3-2-4-7-21)22-8-5-15(14-22)20-9-11-24-12-10-20;/h15H,2-14H2,1H3,(H,18,19);1H. The van der Waals surface area contributed by atoms with Gasteiger partial charge in [0.25, 0.3) is 0 Å². The van der Waals surface area contributed by atoms with Crippen LogP contribution in [-0.4, -0.2) is 98.7 Å². The zero-order chi connectivity index (χ0) is 16.8. The predicted molar refractivity (Wildman–Crippen MR) is 110 cm³/mol. The summed E-state index contributed by atoms with van der Waals surface area (Å²) < 4.78 is 5.44. The van der Waals surface area contributed by atoms with Gasteiger partial charge in [0.1, 0.15) is 0 Å². The molecule has 0 spiro atoms. The minimum Gasteiger partial charge on any atom is -0.379 e. The zero-order valence-electron chi connectivity index (χ0n) is 15.3. The maximum atomic E-state index is 12.3. The number of likely N-dealkylation sites (tertiary alicyclic amines) is 2.